The van der Waals surface area contributed by atoms with Gasteiger partial charge in [-0.25, -0.2) is 10.3 Å². The van der Waals surface area contributed by atoms with Gasteiger partial charge in [-0.2, -0.15) is 0 Å². The molecule has 40 heavy (non-hydrogen) atoms. The first kappa shape index (κ1) is 33.0. The fraction of sp³-hybridized carbons (Fsp3) is 0.630. The number of aromatic carboxylic acids is 1. The van der Waals surface area contributed by atoms with Gasteiger partial charge in [-0.05, 0) is 50.0 Å². The van der Waals surface area contributed by atoms with Crippen LogP contribution < -0.4 is 16.5 Å². The third-order valence-electron chi connectivity index (χ3n) is 6.79. The molecule has 0 fully saturated rings. The van der Waals surface area contributed by atoms with Crippen LogP contribution in [0.5, 0.6) is 0 Å². The molecule has 1 aromatic rings. The van der Waals surface area contributed by atoms with E-state index in [1.807, 2.05) is 6.92 Å². The number of unbranched alkanes of at least 4 members (excludes halogenated alkanes) is 1. The Bertz CT molecular complexity index is 1090. The van der Waals surface area contributed by atoms with E-state index in [2.05, 4.69) is 10.8 Å². The zero-order valence-corrected chi connectivity index (χ0v) is 23.9. The maximum absolute atomic E-state index is 12.3. The number of thiophene rings is 1. The number of amides is 3. The maximum Gasteiger partial charge on any atom is 0.337 e. The highest BCUT2D eigenvalue weighted by atomic mass is 32.1. The van der Waals surface area contributed by atoms with E-state index in [1.165, 1.54) is 11.3 Å². The smallest absolute Gasteiger partial charge is 0.337 e. The predicted octanol–water partition coefficient (Wildman–Crippen LogP) is 1.50. The Labute approximate surface area is 237 Å². The van der Waals surface area contributed by atoms with E-state index in [-0.39, 0.29) is 67.8 Å². The number of hydrogen-bond acceptors (Lipinski definition) is 9. The average Bonchev–Trinajstić information content (AvgIpc) is 3.25. The first-order chi connectivity index (χ1) is 19.0. The zero-order valence-electron chi connectivity index (χ0n) is 23.0. The summed E-state index contributed by atoms with van der Waals surface area (Å²) in [4.78, 5) is 76.7. The highest BCUT2D eigenvalue weighted by molar-refractivity contribution is 7.12. The predicted molar refractivity (Wildman–Crippen MR) is 146 cm³/mol. The Kier molecular flexibility index (Phi) is 13.9. The second-order valence-corrected chi connectivity index (χ2v) is 11.0. The molecular weight excluding hydrogens is 542 g/mol. The molecule has 0 aromatic carbocycles. The first-order valence-corrected chi connectivity index (χ1v) is 14.3. The second-order valence-electron chi connectivity index (χ2n) is 9.86. The van der Waals surface area contributed by atoms with Gasteiger partial charge >= 0.3 is 5.97 Å². The van der Waals surface area contributed by atoms with E-state index in [1.54, 1.807) is 0 Å². The summed E-state index contributed by atoms with van der Waals surface area (Å²) in [6, 6.07) is 0. The highest BCUT2D eigenvalue weighted by Gasteiger charge is 2.30. The van der Waals surface area contributed by atoms with Gasteiger partial charge < -0.3 is 20.9 Å². The van der Waals surface area contributed by atoms with E-state index in [0.717, 1.165) is 24.6 Å². The molecule has 0 radical (unpaired) electrons. The van der Waals surface area contributed by atoms with Gasteiger partial charge in [-0.3, -0.25) is 28.8 Å². The average molecular weight is 582 g/mol. The minimum absolute atomic E-state index is 0.0173. The molecule has 5 N–H and O–H groups in total. The summed E-state index contributed by atoms with van der Waals surface area (Å²) in [7, 11) is 0. The van der Waals surface area contributed by atoms with E-state index in [9.17, 15) is 33.9 Å². The summed E-state index contributed by atoms with van der Waals surface area (Å²) in [5, 5.41) is 12.4. The fourth-order valence-electron chi connectivity index (χ4n) is 4.57. The number of rotatable bonds is 19. The Morgan fingerprint density at radius 3 is 2.52 bits per heavy atom. The number of fused-ring (bicyclic) bond motifs is 1. The van der Waals surface area contributed by atoms with Gasteiger partial charge in [-0.1, -0.05) is 13.3 Å². The van der Waals surface area contributed by atoms with Crippen LogP contribution in [0.25, 0.3) is 0 Å². The van der Waals surface area contributed by atoms with Crippen molar-refractivity contribution >= 4 is 46.6 Å². The number of ether oxygens (including phenoxy) is 1. The van der Waals surface area contributed by atoms with Crippen LogP contribution in [-0.2, 0) is 52.8 Å². The summed E-state index contributed by atoms with van der Waals surface area (Å²) >= 11 is 1.22. The summed E-state index contributed by atoms with van der Waals surface area (Å²) < 4.78 is 5.24. The summed E-state index contributed by atoms with van der Waals surface area (Å²) in [5.41, 5.74) is 8.47. The van der Waals surface area contributed by atoms with Crippen molar-refractivity contribution in [3.63, 3.8) is 0 Å². The summed E-state index contributed by atoms with van der Waals surface area (Å²) in [5.74, 6) is -3.39. The highest BCUT2D eigenvalue weighted by Crippen LogP contribution is 2.38. The molecule has 1 aromatic heterocycles. The number of hydroxylamine groups is 1. The number of nitrogens with two attached hydrogens (primary N) is 1. The monoisotopic (exact) mass is 581 g/mol. The third kappa shape index (κ3) is 10.8. The number of carboxylic acid groups (broad SMARTS) is 1. The van der Waals surface area contributed by atoms with Crippen LogP contribution in [0.4, 0.5) is 0 Å². The maximum atomic E-state index is 12.3. The van der Waals surface area contributed by atoms with Crippen molar-refractivity contribution in [2.45, 2.75) is 71.6 Å². The molecule has 1 aliphatic rings. The number of carbonyl (C=O) groups excluding carboxylic acids is 5. The van der Waals surface area contributed by atoms with E-state index < -0.39 is 17.5 Å². The van der Waals surface area contributed by atoms with Gasteiger partial charge in [0.05, 0.1) is 18.8 Å². The van der Waals surface area contributed by atoms with Gasteiger partial charge in [-0.15, -0.1) is 11.3 Å². The molecule has 0 saturated heterocycles. The summed E-state index contributed by atoms with van der Waals surface area (Å²) in [6.45, 7) is 3.58. The number of primary amides is 1. The molecule has 0 bridgehead atoms. The van der Waals surface area contributed by atoms with Crippen molar-refractivity contribution in [2.24, 2.45) is 17.6 Å². The number of nitrogens with one attached hydrogen (secondary N) is 2. The number of carbonyl (C=O) groups is 6. The molecule has 1 heterocycles. The van der Waals surface area contributed by atoms with E-state index >= 15 is 0 Å². The van der Waals surface area contributed by atoms with Gasteiger partial charge in [0.1, 0.15) is 6.61 Å². The Hall–Kier alpha value is -3.16. The van der Waals surface area contributed by atoms with E-state index in [0.29, 0.717) is 49.1 Å². The molecule has 0 spiro atoms. The van der Waals surface area contributed by atoms with Crippen LogP contribution in [0.15, 0.2) is 0 Å². The lowest BCUT2D eigenvalue weighted by molar-refractivity contribution is -0.137. The SMILES string of the molecule is CC[C@@H](CCCCNC(=O)COCCONC(=O)CC1CCc2c(sc(CC(=O)C(C)=O)c2C(=O)O)C1)C(N)=O. The minimum Gasteiger partial charge on any atom is -0.478 e. The third-order valence-corrected chi connectivity index (χ3v) is 8.04. The first-order valence-electron chi connectivity index (χ1n) is 13.5. The molecule has 3 amide bonds. The van der Waals surface area contributed by atoms with Crippen LogP contribution in [0, 0.1) is 11.8 Å². The lowest BCUT2D eigenvalue weighted by Gasteiger charge is -2.22. The normalized spacial score (nSPS) is 15.1. The summed E-state index contributed by atoms with van der Waals surface area (Å²) in [6.07, 6.45) is 4.48. The van der Waals surface area contributed by atoms with Crippen LogP contribution in [0.1, 0.15) is 78.0 Å². The van der Waals surface area contributed by atoms with Crippen molar-refractivity contribution in [3.05, 3.63) is 20.9 Å². The van der Waals surface area contributed by atoms with Gasteiger partial charge in [0.25, 0.3) is 0 Å². The van der Waals surface area contributed by atoms with Crippen LogP contribution in [0.2, 0.25) is 0 Å². The van der Waals surface area contributed by atoms with Crippen LogP contribution in [0.3, 0.4) is 0 Å². The number of ketones is 2. The molecule has 222 valence electrons. The number of carboxylic acids is 1. The van der Waals surface area contributed by atoms with Gasteiger partial charge in [0.2, 0.25) is 23.5 Å². The Morgan fingerprint density at radius 1 is 1.12 bits per heavy atom. The molecule has 12 nitrogen and oxygen atoms in total. The molecule has 2 atom stereocenters. The van der Waals surface area contributed by atoms with Crippen LogP contribution >= 0.6 is 11.3 Å². The lowest BCUT2D eigenvalue weighted by atomic mass is 9.84. The molecule has 1 aliphatic carbocycles. The molecule has 0 aliphatic heterocycles. The number of hydrogen-bond donors (Lipinski definition) is 4. The minimum atomic E-state index is -1.12. The Balaban J connectivity index is 1.62. The fourth-order valence-corrected chi connectivity index (χ4v) is 6.03. The lowest BCUT2D eigenvalue weighted by Crippen LogP contribution is -2.31. The standard InChI is InChI=1S/C27H39N3O9S/c1-3-18(26(28)35)6-4-5-9-29-24(34)15-38-10-11-39-30-23(33)13-17-7-8-19-21(12-17)40-22(25(19)27(36)37)14-20(32)16(2)31/h17-18H,3-15H2,1-2H3,(H2,28,35)(H,29,34)(H,30,33)(H,36,37)/t17?,18-/m0/s1. The molecule has 1 unspecified atom stereocenters. The van der Waals surface area contributed by atoms with Crippen molar-refractivity contribution in [1.82, 2.24) is 10.8 Å². The van der Waals surface area contributed by atoms with Gasteiger partial charge in [0, 0.05) is 42.0 Å². The van der Waals surface area contributed by atoms with Crippen molar-refractivity contribution in [1.29, 1.82) is 0 Å². The van der Waals surface area contributed by atoms with Crippen molar-refractivity contribution in [2.75, 3.05) is 26.4 Å². The van der Waals surface area contributed by atoms with Gasteiger partial charge in [0.15, 0.2) is 5.78 Å². The number of Topliss-reactive ketones (excluding diaryl/α,β-unsaturated/α-hetero) is 2. The van der Waals surface area contributed by atoms with Crippen molar-refractivity contribution in [3.8, 4) is 0 Å². The molecule has 13 heteroatoms. The van der Waals surface area contributed by atoms with Crippen LogP contribution in [-0.4, -0.2) is 66.7 Å². The molecule has 0 saturated carbocycles. The topological polar surface area (TPSA) is 191 Å². The largest absolute Gasteiger partial charge is 0.478 e. The van der Waals surface area contributed by atoms with Crippen molar-refractivity contribution < 1.29 is 43.4 Å². The zero-order chi connectivity index (χ0) is 29.7. The molecule has 2 rings (SSSR count). The Morgan fingerprint density at radius 2 is 1.88 bits per heavy atom. The second kappa shape index (κ2) is 16.8. The quantitative estimate of drug-likeness (QED) is 0.106. The molecular formula is C27H39N3O9S. The van der Waals surface area contributed by atoms with E-state index in [4.69, 9.17) is 15.3 Å².